The highest BCUT2D eigenvalue weighted by Crippen LogP contribution is 2.36. The topological polar surface area (TPSA) is 16.1 Å². The van der Waals surface area contributed by atoms with E-state index in [0.717, 1.165) is 23.8 Å². The molecule has 0 fully saturated rings. The minimum absolute atomic E-state index is 0.0188. The molecule has 5 heteroatoms. The number of halogens is 2. The fraction of sp³-hybridized carbons (Fsp3) is 0.471. The van der Waals surface area contributed by atoms with E-state index in [2.05, 4.69) is 25.8 Å². The molecule has 0 saturated heterocycles. The number of hydrogen-bond donors (Lipinski definition) is 0. The monoisotopic (exact) mass is 340 g/mol. The molecule has 120 valence electrons. The number of anilines is 1. The van der Waals surface area contributed by atoms with E-state index in [1.54, 1.807) is 17.4 Å². The van der Waals surface area contributed by atoms with Crippen LogP contribution in [0.3, 0.4) is 0 Å². The second-order valence-electron chi connectivity index (χ2n) is 6.24. The van der Waals surface area contributed by atoms with Crippen LogP contribution in [-0.4, -0.2) is 18.1 Å². The van der Waals surface area contributed by atoms with E-state index in [1.807, 2.05) is 24.1 Å². The van der Waals surface area contributed by atoms with E-state index in [9.17, 15) is 4.39 Å². The Hall–Kier alpha value is -1.13. The van der Waals surface area contributed by atoms with Crippen LogP contribution in [0.2, 0.25) is 5.02 Å². The number of nitrogens with zero attached hydrogens (tertiary/aromatic N) is 2. The van der Waals surface area contributed by atoms with E-state index in [1.165, 1.54) is 6.07 Å². The maximum atomic E-state index is 14.5. The Morgan fingerprint density at radius 3 is 2.36 bits per heavy atom. The first-order valence-corrected chi connectivity index (χ1v) is 8.74. The molecular formula is C17H22ClFN2S. The zero-order valence-electron chi connectivity index (χ0n) is 13.7. The lowest BCUT2D eigenvalue weighted by atomic mass is 9.98. The number of benzene rings is 1. The molecule has 0 unspecified atom stereocenters. The van der Waals surface area contributed by atoms with Crippen molar-refractivity contribution in [3.63, 3.8) is 0 Å². The lowest BCUT2D eigenvalue weighted by Gasteiger charge is -2.22. The van der Waals surface area contributed by atoms with Crippen LogP contribution < -0.4 is 4.90 Å². The van der Waals surface area contributed by atoms with Crippen LogP contribution in [0.4, 0.5) is 10.1 Å². The summed E-state index contributed by atoms with van der Waals surface area (Å²) >= 11 is 7.97. The molecule has 1 aromatic heterocycles. The third-order valence-electron chi connectivity index (χ3n) is 3.56. The molecule has 0 aliphatic carbocycles. The molecule has 2 nitrogen and oxygen atoms in total. The van der Waals surface area contributed by atoms with Crippen LogP contribution in [0.1, 0.15) is 39.6 Å². The zero-order valence-corrected chi connectivity index (χ0v) is 15.3. The Labute approximate surface area is 140 Å². The molecular weight excluding hydrogens is 319 g/mol. The quantitative estimate of drug-likeness (QED) is 0.704. The van der Waals surface area contributed by atoms with E-state index in [-0.39, 0.29) is 11.2 Å². The van der Waals surface area contributed by atoms with Gasteiger partial charge in [-0.25, -0.2) is 9.37 Å². The number of hydrogen-bond acceptors (Lipinski definition) is 3. The average Bonchev–Trinajstić information content (AvgIpc) is 2.93. The summed E-state index contributed by atoms with van der Waals surface area (Å²) in [5.41, 5.74) is 1.92. The lowest BCUT2D eigenvalue weighted by Crippen LogP contribution is -2.23. The Morgan fingerprint density at radius 1 is 1.23 bits per heavy atom. The molecule has 2 rings (SSSR count). The van der Waals surface area contributed by atoms with Crippen molar-refractivity contribution in [2.75, 3.05) is 18.0 Å². The summed E-state index contributed by atoms with van der Waals surface area (Å²) in [6.07, 6.45) is 0. The van der Waals surface area contributed by atoms with Gasteiger partial charge in [0.1, 0.15) is 5.82 Å². The minimum Gasteiger partial charge on any atom is -0.370 e. The smallest absolute Gasteiger partial charge is 0.147 e. The summed E-state index contributed by atoms with van der Waals surface area (Å²) in [6.45, 7) is 11.8. The zero-order chi connectivity index (χ0) is 16.5. The fourth-order valence-corrected chi connectivity index (χ4v) is 3.44. The standard InChI is InChI=1S/C17H22ClFN2S/c1-6-21(7-2)15-9-12(18)11(8-13(15)19)14-10-22-16(20-14)17(3,4)5/h8-10H,6-7H2,1-5H3. The third-order valence-corrected chi connectivity index (χ3v) is 5.14. The highest BCUT2D eigenvalue weighted by atomic mass is 35.5. The molecule has 0 atom stereocenters. The first kappa shape index (κ1) is 17.2. The van der Waals surface area contributed by atoms with Crippen molar-refractivity contribution in [1.82, 2.24) is 4.98 Å². The number of rotatable bonds is 4. The van der Waals surface area contributed by atoms with Crippen molar-refractivity contribution in [2.24, 2.45) is 0 Å². The van der Waals surface area contributed by atoms with Gasteiger partial charge in [-0.3, -0.25) is 0 Å². The van der Waals surface area contributed by atoms with Gasteiger partial charge in [0.05, 0.1) is 21.4 Å². The molecule has 0 N–H and O–H groups in total. The molecule has 0 saturated carbocycles. The Morgan fingerprint density at radius 2 is 1.86 bits per heavy atom. The van der Waals surface area contributed by atoms with Crippen molar-refractivity contribution in [1.29, 1.82) is 0 Å². The van der Waals surface area contributed by atoms with Gasteiger partial charge in [0.2, 0.25) is 0 Å². The summed E-state index contributed by atoms with van der Waals surface area (Å²) in [4.78, 5) is 6.57. The lowest BCUT2D eigenvalue weighted by molar-refractivity contribution is 0.586. The van der Waals surface area contributed by atoms with Gasteiger partial charge in [-0.1, -0.05) is 32.4 Å². The van der Waals surface area contributed by atoms with Crippen LogP contribution in [0.15, 0.2) is 17.5 Å². The number of thiazole rings is 1. The molecule has 22 heavy (non-hydrogen) atoms. The van der Waals surface area contributed by atoms with Crippen LogP contribution in [0.5, 0.6) is 0 Å². The van der Waals surface area contributed by atoms with Gasteiger partial charge in [0, 0.05) is 29.4 Å². The Kier molecular flexibility index (Phi) is 5.13. The molecule has 2 aromatic rings. The molecule has 0 radical (unpaired) electrons. The number of aromatic nitrogens is 1. The third kappa shape index (κ3) is 3.44. The minimum atomic E-state index is -0.256. The largest absolute Gasteiger partial charge is 0.370 e. The van der Waals surface area contributed by atoms with Crippen LogP contribution in [0, 0.1) is 5.82 Å². The van der Waals surface area contributed by atoms with E-state index in [0.29, 0.717) is 16.3 Å². The Bertz CT molecular complexity index is 657. The SMILES string of the molecule is CCN(CC)c1cc(Cl)c(-c2csc(C(C)(C)C)n2)cc1F. The van der Waals surface area contributed by atoms with Crippen molar-refractivity contribution < 1.29 is 4.39 Å². The molecule has 1 aromatic carbocycles. The van der Waals surface area contributed by atoms with Gasteiger partial charge in [-0.15, -0.1) is 11.3 Å². The first-order chi connectivity index (χ1) is 10.3. The van der Waals surface area contributed by atoms with Gasteiger partial charge < -0.3 is 4.90 Å². The van der Waals surface area contributed by atoms with Crippen LogP contribution in [-0.2, 0) is 5.41 Å². The van der Waals surface area contributed by atoms with Crippen LogP contribution in [0.25, 0.3) is 11.3 Å². The van der Waals surface area contributed by atoms with Gasteiger partial charge in [-0.05, 0) is 26.0 Å². The highest BCUT2D eigenvalue weighted by Gasteiger charge is 2.20. The second-order valence-corrected chi connectivity index (χ2v) is 7.51. The molecule has 0 bridgehead atoms. The summed E-state index contributed by atoms with van der Waals surface area (Å²) < 4.78 is 14.5. The summed E-state index contributed by atoms with van der Waals surface area (Å²) in [6, 6.07) is 3.20. The summed E-state index contributed by atoms with van der Waals surface area (Å²) in [5, 5.41) is 3.50. The van der Waals surface area contributed by atoms with Gasteiger partial charge >= 0.3 is 0 Å². The molecule has 0 amide bonds. The molecule has 0 aliphatic rings. The summed E-state index contributed by atoms with van der Waals surface area (Å²) in [7, 11) is 0. The highest BCUT2D eigenvalue weighted by molar-refractivity contribution is 7.10. The van der Waals surface area contributed by atoms with Gasteiger partial charge in [-0.2, -0.15) is 0 Å². The molecule has 0 aliphatic heterocycles. The summed E-state index contributed by atoms with van der Waals surface area (Å²) in [5.74, 6) is -0.256. The van der Waals surface area contributed by atoms with Crippen molar-refractivity contribution >= 4 is 28.6 Å². The van der Waals surface area contributed by atoms with Crippen LogP contribution >= 0.6 is 22.9 Å². The van der Waals surface area contributed by atoms with Crippen molar-refractivity contribution in [2.45, 2.75) is 40.0 Å². The van der Waals surface area contributed by atoms with E-state index < -0.39 is 0 Å². The normalized spacial score (nSPS) is 11.8. The van der Waals surface area contributed by atoms with Crippen molar-refractivity contribution in [3.8, 4) is 11.3 Å². The molecule has 0 spiro atoms. The first-order valence-electron chi connectivity index (χ1n) is 7.48. The average molecular weight is 341 g/mol. The second kappa shape index (κ2) is 6.55. The molecule has 1 heterocycles. The fourth-order valence-electron chi connectivity index (χ4n) is 2.28. The van der Waals surface area contributed by atoms with E-state index >= 15 is 0 Å². The predicted octanol–water partition coefficient (Wildman–Crippen LogP) is 5.75. The maximum absolute atomic E-state index is 14.5. The predicted molar refractivity (Wildman–Crippen MR) is 94.8 cm³/mol. The van der Waals surface area contributed by atoms with Gasteiger partial charge in [0.25, 0.3) is 0 Å². The van der Waals surface area contributed by atoms with E-state index in [4.69, 9.17) is 11.6 Å². The van der Waals surface area contributed by atoms with Crippen molar-refractivity contribution in [3.05, 3.63) is 33.4 Å². The Balaban J connectivity index is 2.45. The van der Waals surface area contributed by atoms with Gasteiger partial charge in [0.15, 0.2) is 0 Å². The maximum Gasteiger partial charge on any atom is 0.147 e.